The molecule has 3 rings (SSSR count). The third-order valence-corrected chi connectivity index (χ3v) is 3.83. The van der Waals surface area contributed by atoms with Gasteiger partial charge in [0.15, 0.2) is 12.4 Å². The second-order valence-electron chi connectivity index (χ2n) is 4.94. The minimum atomic E-state index is -0.349. The fourth-order valence-electron chi connectivity index (χ4n) is 1.97. The van der Waals surface area contributed by atoms with Crippen molar-refractivity contribution < 1.29 is 18.7 Å². The van der Waals surface area contributed by atoms with Crippen LogP contribution in [0.5, 0.6) is 11.5 Å². The van der Waals surface area contributed by atoms with Gasteiger partial charge in [0.25, 0.3) is 5.91 Å². The van der Waals surface area contributed by atoms with Gasteiger partial charge in [0, 0.05) is 17.1 Å². The van der Waals surface area contributed by atoms with Gasteiger partial charge in [-0.3, -0.25) is 10.1 Å². The molecule has 0 bridgehead atoms. The Balaban J connectivity index is 1.55. The third-order valence-electron chi connectivity index (χ3n) is 3.20. The van der Waals surface area contributed by atoms with Crippen molar-refractivity contribution in [3.8, 4) is 22.9 Å². The van der Waals surface area contributed by atoms with E-state index in [1.807, 2.05) is 0 Å². The van der Waals surface area contributed by atoms with Gasteiger partial charge in [-0.15, -0.1) is 0 Å². The van der Waals surface area contributed by atoms with Gasteiger partial charge >= 0.3 is 0 Å². The Labute approximate surface area is 147 Å². The first-order chi connectivity index (χ1) is 12.1. The lowest BCUT2D eigenvalue weighted by atomic mass is 10.2. The quantitative estimate of drug-likeness (QED) is 0.730. The summed E-state index contributed by atoms with van der Waals surface area (Å²) >= 11 is 1.04. The molecule has 0 fully saturated rings. The lowest BCUT2D eigenvalue weighted by Gasteiger charge is -2.06. The molecule has 2 aromatic carbocycles. The van der Waals surface area contributed by atoms with Crippen molar-refractivity contribution in [2.75, 3.05) is 19.0 Å². The number of nitrogens with one attached hydrogen (secondary N) is 1. The van der Waals surface area contributed by atoms with E-state index in [1.165, 1.54) is 12.1 Å². The molecule has 0 aliphatic carbocycles. The van der Waals surface area contributed by atoms with E-state index >= 15 is 0 Å². The van der Waals surface area contributed by atoms with Crippen LogP contribution in [0.3, 0.4) is 0 Å². The zero-order chi connectivity index (χ0) is 17.6. The van der Waals surface area contributed by atoms with Crippen LogP contribution < -0.4 is 14.8 Å². The topological polar surface area (TPSA) is 73.3 Å². The molecule has 0 aliphatic rings. The van der Waals surface area contributed by atoms with Crippen molar-refractivity contribution in [3.63, 3.8) is 0 Å². The molecule has 25 heavy (non-hydrogen) atoms. The number of hydrogen-bond acceptors (Lipinski definition) is 6. The molecule has 1 N–H and O–H groups in total. The molecule has 1 heterocycles. The number of amides is 1. The number of anilines is 1. The summed E-state index contributed by atoms with van der Waals surface area (Å²) in [5.74, 6) is 1.01. The van der Waals surface area contributed by atoms with E-state index in [9.17, 15) is 9.18 Å². The number of nitrogens with zero attached hydrogens (tertiary/aromatic N) is 2. The summed E-state index contributed by atoms with van der Waals surface area (Å²) in [4.78, 5) is 16.1. The normalized spacial score (nSPS) is 10.3. The SMILES string of the molecule is COc1ccc(OCC(=O)Nc2nc(-c3ccc(F)cc3)ns2)cc1. The molecule has 0 aliphatic heterocycles. The molecule has 0 saturated heterocycles. The smallest absolute Gasteiger partial charge is 0.264 e. The van der Waals surface area contributed by atoms with Crippen LogP contribution in [0.4, 0.5) is 9.52 Å². The highest BCUT2D eigenvalue weighted by atomic mass is 32.1. The van der Waals surface area contributed by atoms with Crippen molar-refractivity contribution in [2.24, 2.45) is 0 Å². The Morgan fingerprint density at radius 3 is 2.48 bits per heavy atom. The number of hydrogen-bond donors (Lipinski definition) is 1. The molecule has 0 unspecified atom stereocenters. The maximum Gasteiger partial charge on any atom is 0.264 e. The number of aromatic nitrogens is 2. The largest absolute Gasteiger partial charge is 0.497 e. The molecular weight excluding hydrogens is 345 g/mol. The summed E-state index contributed by atoms with van der Waals surface area (Å²) in [5, 5.41) is 2.97. The van der Waals surface area contributed by atoms with Gasteiger partial charge in [0.2, 0.25) is 5.13 Å². The van der Waals surface area contributed by atoms with Gasteiger partial charge in [-0.25, -0.2) is 4.39 Å². The van der Waals surface area contributed by atoms with E-state index in [-0.39, 0.29) is 18.3 Å². The number of ether oxygens (including phenoxy) is 2. The van der Waals surface area contributed by atoms with Gasteiger partial charge in [0.1, 0.15) is 17.3 Å². The van der Waals surface area contributed by atoms with Crippen molar-refractivity contribution in [3.05, 3.63) is 54.3 Å². The number of halogens is 1. The molecule has 1 aromatic heterocycles. The minimum Gasteiger partial charge on any atom is -0.497 e. The highest BCUT2D eigenvalue weighted by Crippen LogP contribution is 2.21. The standard InChI is InChI=1S/C17H14FN3O3S/c1-23-13-6-8-14(9-7-13)24-10-15(22)19-17-20-16(21-25-17)11-2-4-12(18)5-3-11/h2-9H,10H2,1H3,(H,19,20,21,22). The fourth-order valence-corrected chi connectivity index (χ4v) is 2.57. The number of carbonyl (C=O) groups excluding carboxylic acids is 1. The first-order valence-corrected chi connectivity index (χ1v) is 8.08. The van der Waals surface area contributed by atoms with E-state index in [4.69, 9.17) is 9.47 Å². The first-order valence-electron chi connectivity index (χ1n) is 7.30. The van der Waals surface area contributed by atoms with Crippen LogP contribution in [-0.2, 0) is 4.79 Å². The second kappa shape index (κ2) is 7.71. The summed E-state index contributed by atoms with van der Waals surface area (Å²) in [6.45, 7) is -0.155. The van der Waals surface area contributed by atoms with E-state index < -0.39 is 0 Å². The zero-order valence-corrected chi connectivity index (χ0v) is 14.0. The summed E-state index contributed by atoms with van der Waals surface area (Å²) < 4.78 is 27.5. The lowest BCUT2D eigenvalue weighted by molar-refractivity contribution is -0.118. The fraction of sp³-hybridized carbons (Fsp3) is 0.118. The van der Waals surface area contributed by atoms with Crippen LogP contribution in [0, 0.1) is 5.82 Å². The van der Waals surface area contributed by atoms with Crippen molar-refractivity contribution in [1.82, 2.24) is 9.36 Å². The van der Waals surface area contributed by atoms with E-state index in [0.717, 1.165) is 11.5 Å². The van der Waals surface area contributed by atoms with Crippen LogP contribution in [0.1, 0.15) is 0 Å². The minimum absolute atomic E-state index is 0.155. The number of benzene rings is 2. The highest BCUT2D eigenvalue weighted by Gasteiger charge is 2.10. The predicted octanol–water partition coefficient (Wildman–Crippen LogP) is 3.37. The molecule has 6 nitrogen and oxygen atoms in total. The maximum absolute atomic E-state index is 12.9. The van der Waals surface area contributed by atoms with Crippen LogP contribution in [0.15, 0.2) is 48.5 Å². The molecule has 0 atom stereocenters. The van der Waals surface area contributed by atoms with Gasteiger partial charge in [-0.1, -0.05) is 0 Å². The summed E-state index contributed by atoms with van der Waals surface area (Å²) in [6, 6.07) is 12.7. The van der Waals surface area contributed by atoms with Crippen LogP contribution >= 0.6 is 11.5 Å². The molecule has 1 amide bonds. The van der Waals surface area contributed by atoms with Crippen molar-refractivity contribution in [2.45, 2.75) is 0 Å². The predicted molar refractivity (Wildman–Crippen MR) is 92.4 cm³/mol. The van der Waals surface area contributed by atoms with Gasteiger partial charge < -0.3 is 9.47 Å². The summed E-state index contributed by atoms with van der Waals surface area (Å²) in [7, 11) is 1.57. The van der Waals surface area contributed by atoms with E-state index in [1.54, 1.807) is 43.5 Å². The van der Waals surface area contributed by atoms with E-state index in [0.29, 0.717) is 28.0 Å². The Bertz CT molecular complexity index is 850. The van der Waals surface area contributed by atoms with Crippen molar-refractivity contribution in [1.29, 1.82) is 0 Å². The van der Waals surface area contributed by atoms with Crippen molar-refractivity contribution >= 4 is 22.6 Å². The molecule has 3 aromatic rings. The van der Waals surface area contributed by atoms with Gasteiger partial charge in [0.05, 0.1) is 7.11 Å². The molecule has 0 spiro atoms. The Morgan fingerprint density at radius 2 is 1.80 bits per heavy atom. The number of methoxy groups -OCH3 is 1. The highest BCUT2D eigenvalue weighted by molar-refractivity contribution is 7.10. The Kier molecular flexibility index (Phi) is 5.20. The molecule has 8 heteroatoms. The third kappa shape index (κ3) is 4.51. The molecular formula is C17H14FN3O3S. The van der Waals surface area contributed by atoms with E-state index in [2.05, 4.69) is 14.7 Å². The monoisotopic (exact) mass is 359 g/mol. The molecule has 0 radical (unpaired) electrons. The zero-order valence-electron chi connectivity index (χ0n) is 13.2. The Hall–Kier alpha value is -3.00. The average Bonchev–Trinajstić information content (AvgIpc) is 3.09. The lowest BCUT2D eigenvalue weighted by Crippen LogP contribution is -2.20. The number of rotatable bonds is 6. The Morgan fingerprint density at radius 1 is 1.12 bits per heavy atom. The van der Waals surface area contributed by atoms with Crippen LogP contribution in [0.2, 0.25) is 0 Å². The van der Waals surface area contributed by atoms with Gasteiger partial charge in [-0.2, -0.15) is 9.36 Å². The number of carbonyl (C=O) groups is 1. The first kappa shape index (κ1) is 16.8. The second-order valence-corrected chi connectivity index (χ2v) is 5.69. The average molecular weight is 359 g/mol. The van der Waals surface area contributed by atoms with Crippen LogP contribution in [-0.4, -0.2) is 29.0 Å². The summed E-state index contributed by atoms with van der Waals surface area (Å²) in [5.41, 5.74) is 0.674. The molecule has 0 saturated carbocycles. The van der Waals surface area contributed by atoms with Gasteiger partial charge in [-0.05, 0) is 48.5 Å². The van der Waals surface area contributed by atoms with Crippen LogP contribution in [0.25, 0.3) is 11.4 Å². The summed E-state index contributed by atoms with van der Waals surface area (Å²) in [6.07, 6.45) is 0. The maximum atomic E-state index is 12.9. The molecule has 128 valence electrons.